The molecule has 3 aromatic rings. The molecule has 192 valence electrons. The van der Waals surface area contributed by atoms with Crippen molar-refractivity contribution in [2.24, 2.45) is 0 Å². The van der Waals surface area contributed by atoms with Crippen LogP contribution in [0.4, 0.5) is 28.2 Å². The summed E-state index contributed by atoms with van der Waals surface area (Å²) in [7, 11) is 1.37. The second kappa shape index (κ2) is 9.19. The van der Waals surface area contributed by atoms with Crippen molar-refractivity contribution in [3.8, 4) is 0 Å². The Bertz CT molecular complexity index is 1280. The highest BCUT2D eigenvalue weighted by Gasteiger charge is 2.40. The van der Waals surface area contributed by atoms with E-state index in [9.17, 15) is 22.8 Å². The molecule has 0 spiro atoms. The summed E-state index contributed by atoms with van der Waals surface area (Å²) in [6, 6.07) is 0.847. The van der Waals surface area contributed by atoms with Gasteiger partial charge in [-0.15, -0.1) is 11.3 Å². The van der Waals surface area contributed by atoms with Crippen LogP contribution in [-0.4, -0.2) is 82.2 Å². The Balaban J connectivity index is 1.28. The number of ether oxygens (including phenoxy) is 1. The van der Waals surface area contributed by atoms with Crippen molar-refractivity contribution in [3.63, 3.8) is 0 Å². The Morgan fingerprint density at radius 1 is 1.25 bits per heavy atom. The van der Waals surface area contributed by atoms with Gasteiger partial charge < -0.3 is 19.9 Å². The topological polar surface area (TPSA) is 105 Å². The van der Waals surface area contributed by atoms with E-state index in [2.05, 4.69) is 20.4 Å². The van der Waals surface area contributed by atoms with Crippen LogP contribution in [0.2, 0.25) is 0 Å². The van der Waals surface area contributed by atoms with Crippen LogP contribution >= 0.6 is 11.3 Å². The minimum atomic E-state index is -4.69. The van der Waals surface area contributed by atoms with Gasteiger partial charge in [-0.3, -0.25) is 4.79 Å². The van der Waals surface area contributed by atoms with E-state index in [1.165, 1.54) is 28.6 Å². The quantitative estimate of drug-likeness (QED) is 0.521. The third-order valence-corrected chi connectivity index (χ3v) is 7.28. The number of likely N-dealkylation sites (tertiary alicyclic amines) is 1. The molecule has 2 atom stereocenters. The van der Waals surface area contributed by atoms with Gasteiger partial charge in [0.1, 0.15) is 24.6 Å². The average molecular weight is 528 g/mol. The maximum absolute atomic E-state index is 15.0. The highest BCUT2D eigenvalue weighted by Crippen LogP contribution is 2.40. The normalized spacial score (nSPS) is 20.9. The SMILES string of the molecule is CNC(=O)c1csc2c(C(F)(F)F)cc(N3CC[C@@H](OC(=O)N4CC(n5cncn5)C4)[C@H](F)C3)nc12. The molecule has 0 unspecified atom stereocenters. The van der Waals surface area contributed by atoms with Crippen LogP contribution in [0, 0.1) is 0 Å². The highest BCUT2D eigenvalue weighted by molar-refractivity contribution is 7.17. The van der Waals surface area contributed by atoms with Gasteiger partial charge in [0.05, 0.1) is 33.9 Å². The summed E-state index contributed by atoms with van der Waals surface area (Å²) in [5.41, 5.74) is -1.01. The molecule has 0 radical (unpaired) electrons. The maximum atomic E-state index is 15.0. The maximum Gasteiger partial charge on any atom is 0.417 e. The molecule has 0 aliphatic carbocycles. The fourth-order valence-electron chi connectivity index (χ4n) is 4.27. The number of piperidine rings is 1. The van der Waals surface area contributed by atoms with E-state index in [1.807, 2.05) is 0 Å². The van der Waals surface area contributed by atoms with Crippen LogP contribution in [0.1, 0.15) is 28.4 Å². The Morgan fingerprint density at radius 3 is 2.67 bits per heavy atom. The number of carbonyl (C=O) groups is 2. The van der Waals surface area contributed by atoms with E-state index < -0.39 is 36.0 Å². The van der Waals surface area contributed by atoms with Crippen LogP contribution < -0.4 is 10.2 Å². The molecule has 0 aromatic carbocycles. The summed E-state index contributed by atoms with van der Waals surface area (Å²) in [6.45, 7) is 0.525. The molecule has 2 aliphatic heterocycles. The first kappa shape index (κ1) is 24.2. The molecule has 5 rings (SSSR count). The van der Waals surface area contributed by atoms with E-state index in [1.54, 1.807) is 11.0 Å². The number of fused-ring (bicyclic) bond motifs is 1. The smallest absolute Gasteiger partial charge is 0.417 e. The number of amides is 2. The van der Waals surface area contributed by atoms with Crippen LogP contribution in [-0.2, 0) is 10.9 Å². The first-order chi connectivity index (χ1) is 17.2. The lowest BCUT2D eigenvalue weighted by Crippen LogP contribution is -2.54. The van der Waals surface area contributed by atoms with Crippen LogP contribution in [0.5, 0.6) is 0 Å². The third-order valence-electron chi connectivity index (χ3n) is 6.28. The fraction of sp³-hybridized carbons (Fsp3) is 0.476. The number of nitrogens with zero attached hydrogens (tertiary/aromatic N) is 6. The van der Waals surface area contributed by atoms with E-state index in [0.717, 1.165) is 17.4 Å². The van der Waals surface area contributed by atoms with Crippen molar-refractivity contribution < 1.29 is 31.9 Å². The van der Waals surface area contributed by atoms with Crippen molar-refractivity contribution in [2.45, 2.75) is 30.9 Å². The number of hydrogen-bond acceptors (Lipinski definition) is 8. The largest absolute Gasteiger partial charge is 0.443 e. The van der Waals surface area contributed by atoms with Gasteiger partial charge in [-0.25, -0.2) is 23.8 Å². The summed E-state index contributed by atoms with van der Waals surface area (Å²) in [6.07, 6.45) is -5.00. The Hall–Kier alpha value is -3.49. The lowest BCUT2D eigenvalue weighted by molar-refractivity contribution is -0.136. The number of aromatic nitrogens is 4. The van der Waals surface area contributed by atoms with Crippen LogP contribution in [0.15, 0.2) is 24.1 Å². The Kier molecular flexibility index (Phi) is 6.18. The lowest BCUT2D eigenvalue weighted by Gasteiger charge is -2.40. The van der Waals surface area contributed by atoms with Crippen molar-refractivity contribution in [1.29, 1.82) is 0 Å². The number of anilines is 1. The van der Waals surface area contributed by atoms with Gasteiger partial charge in [0.15, 0.2) is 6.17 Å². The first-order valence-electron chi connectivity index (χ1n) is 11.1. The minimum absolute atomic E-state index is 0.0178. The van der Waals surface area contributed by atoms with Crippen LogP contribution in [0.25, 0.3) is 10.2 Å². The molecule has 2 saturated heterocycles. The number of halogens is 4. The van der Waals surface area contributed by atoms with E-state index in [4.69, 9.17) is 4.74 Å². The molecule has 10 nitrogen and oxygen atoms in total. The molecule has 15 heteroatoms. The zero-order valence-electron chi connectivity index (χ0n) is 18.9. The minimum Gasteiger partial charge on any atom is -0.443 e. The van der Waals surface area contributed by atoms with Crippen LogP contribution in [0.3, 0.4) is 0 Å². The predicted molar refractivity (Wildman–Crippen MR) is 121 cm³/mol. The molecule has 2 aliphatic rings. The van der Waals surface area contributed by atoms with E-state index in [-0.39, 0.29) is 47.2 Å². The van der Waals surface area contributed by atoms with Crippen molar-refractivity contribution >= 4 is 39.4 Å². The Morgan fingerprint density at radius 2 is 2.03 bits per heavy atom. The highest BCUT2D eigenvalue weighted by atomic mass is 32.1. The molecular weight excluding hydrogens is 506 g/mol. The van der Waals surface area contributed by atoms with Gasteiger partial charge in [0.2, 0.25) is 0 Å². The predicted octanol–water partition coefficient (Wildman–Crippen LogP) is 2.88. The summed E-state index contributed by atoms with van der Waals surface area (Å²) in [5, 5.41) is 7.73. The summed E-state index contributed by atoms with van der Waals surface area (Å²) >= 11 is 0.777. The number of carbonyl (C=O) groups excluding carboxylic acids is 2. The fourth-order valence-corrected chi connectivity index (χ4v) is 5.29. The summed E-state index contributed by atoms with van der Waals surface area (Å²) in [4.78, 5) is 35.5. The monoisotopic (exact) mass is 527 g/mol. The zero-order chi connectivity index (χ0) is 25.6. The van der Waals surface area contributed by atoms with Crippen molar-refractivity contribution in [3.05, 3.63) is 35.2 Å². The Labute approximate surface area is 205 Å². The second-order valence-corrected chi connectivity index (χ2v) is 9.42. The number of pyridine rings is 1. The van der Waals surface area contributed by atoms with Gasteiger partial charge in [-0.1, -0.05) is 0 Å². The third kappa shape index (κ3) is 4.42. The van der Waals surface area contributed by atoms with Gasteiger partial charge in [-0.05, 0) is 6.07 Å². The molecule has 0 bridgehead atoms. The molecule has 2 amide bonds. The average Bonchev–Trinajstić information content (AvgIpc) is 3.48. The first-order valence-corrected chi connectivity index (χ1v) is 11.9. The number of alkyl halides is 4. The van der Waals surface area contributed by atoms with Gasteiger partial charge in [0, 0.05) is 38.5 Å². The number of nitrogens with one attached hydrogen (secondary N) is 1. The number of hydrogen-bond donors (Lipinski definition) is 1. The van der Waals surface area contributed by atoms with E-state index >= 15 is 4.39 Å². The molecular formula is C21H21F4N7O3S. The standard InChI is InChI=1S/C21H21F4N7O3S/c1-26-19(33)12-8-36-18-13(21(23,24)25)4-16(29-17(12)18)30-3-2-15(14(22)7-30)35-20(34)31-5-11(6-31)32-10-27-9-28-32/h4,8-11,14-15H,2-3,5-7H2,1H3,(H,26,33)/t14-,15-/m1/s1. The molecule has 2 fully saturated rings. The van der Waals surface area contributed by atoms with Gasteiger partial charge >= 0.3 is 12.3 Å². The van der Waals surface area contributed by atoms with E-state index in [0.29, 0.717) is 13.1 Å². The van der Waals surface area contributed by atoms with Gasteiger partial charge in [-0.2, -0.15) is 18.3 Å². The van der Waals surface area contributed by atoms with Crippen molar-refractivity contribution in [1.82, 2.24) is 30.0 Å². The lowest BCUT2D eigenvalue weighted by atomic mass is 10.1. The second-order valence-electron chi connectivity index (χ2n) is 8.54. The summed E-state index contributed by atoms with van der Waals surface area (Å²) < 4.78 is 63.2. The molecule has 1 N–H and O–H groups in total. The number of rotatable bonds is 4. The molecule has 0 saturated carbocycles. The molecule has 3 aromatic heterocycles. The zero-order valence-corrected chi connectivity index (χ0v) is 19.7. The number of thiophene rings is 1. The molecule has 5 heterocycles. The van der Waals surface area contributed by atoms with Gasteiger partial charge in [0.25, 0.3) is 5.91 Å². The van der Waals surface area contributed by atoms with Crippen molar-refractivity contribution in [2.75, 3.05) is 38.1 Å². The summed E-state index contributed by atoms with van der Waals surface area (Å²) in [5.74, 6) is -0.658. The molecule has 36 heavy (non-hydrogen) atoms.